The summed E-state index contributed by atoms with van der Waals surface area (Å²) in [5, 5.41) is 0. The van der Waals surface area contributed by atoms with E-state index in [1.54, 1.807) is 4.90 Å². The third kappa shape index (κ3) is 43.8. The molecule has 0 amide bonds. The van der Waals surface area contributed by atoms with Crippen molar-refractivity contribution in [3.05, 3.63) is 122 Å². The Morgan fingerprint density at radius 3 is 1.41 bits per heavy atom. The first-order valence-corrected chi connectivity index (χ1v) is 23.3. The number of hydrogen-bond acceptors (Lipinski definition) is 8. The number of carbonyl (C=O) groups excluding carboxylic acids is 2. The molecule has 10 heteroatoms. The maximum absolute atomic E-state index is 12.7. The molecule has 0 spiro atoms. The molecule has 0 rings (SSSR count). The molecule has 0 aromatic heterocycles. The van der Waals surface area contributed by atoms with Crippen LogP contribution in [0, 0.1) is 0 Å². The van der Waals surface area contributed by atoms with Crippen LogP contribution in [0.2, 0.25) is 0 Å². The smallest absolute Gasteiger partial charge is 0.462 e. The van der Waals surface area contributed by atoms with Crippen molar-refractivity contribution in [2.75, 3.05) is 40.5 Å². The highest BCUT2D eigenvalue weighted by Gasteiger charge is 2.26. The first-order chi connectivity index (χ1) is 28.7. The molecule has 0 heterocycles. The van der Waals surface area contributed by atoms with Crippen LogP contribution in [0.1, 0.15) is 129 Å². The highest BCUT2D eigenvalue weighted by Crippen LogP contribution is 2.43. The number of phosphoric acid groups is 1. The zero-order valence-electron chi connectivity index (χ0n) is 36.9. The van der Waals surface area contributed by atoms with Crippen molar-refractivity contribution < 1.29 is 37.6 Å². The number of hydrogen-bond donors (Lipinski definition) is 1. The summed E-state index contributed by atoms with van der Waals surface area (Å²) in [5.41, 5.74) is 0. The van der Waals surface area contributed by atoms with Crippen molar-refractivity contribution >= 4 is 19.8 Å². The van der Waals surface area contributed by atoms with Gasteiger partial charge in [0, 0.05) is 19.4 Å². The molecule has 0 saturated heterocycles. The van der Waals surface area contributed by atoms with Gasteiger partial charge in [0.2, 0.25) is 0 Å². The molecular weight excluding hydrogens is 762 g/mol. The number of unbranched alkanes of at least 4 members (excludes halogenated alkanes) is 4. The summed E-state index contributed by atoms with van der Waals surface area (Å²) in [6.07, 6.45) is 56.9. The number of phosphoric ester groups is 1. The van der Waals surface area contributed by atoms with Gasteiger partial charge in [-0.25, -0.2) is 4.57 Å². The molecule has 1 N–H and O–H groups in total. The minimum atomic E-state index is -4.40. The highest BCUT2D eigenvalue weighted by atomic mass is 31.2. The van der Waals surface area contributed by atoms with Crippen LogP contribution in [-0.4, -0.2) is 68.3 Å². The van der Waals surface area contributed by atoms with Crippen LogP contribution >= 0.6 is 7.82 Å². The third-order valence-corrected chi connectivity index (χ3v) is 9.26. The Morgan fingerprint density at radius 2 is 0.949 bits per heavy atom. The van der Waals surface area contributed by atoms with Crippen LogP contribution in [0.3, 0.4) is 0 Å². The third-order valence-electron chi connectivity index (χ3n) is 8.28. The van der Waals surface area contributed by atoms with E-state index >= 15 is 0 Å². The summed E-state index contributed by atoms with van der Waals surface area (Å²) in [6, 6.07) is 0. The maximum Gasteiger partial charge on any atom is 0.472 e. The van der Waals surface area contributed by atoms with Gasteiger partial charge in [-0.05, 0) is 104 Å². The predicted molar refractivity (Wildman–Crippen MR) is 247 cm³/mol. The standard InChI is InChI=1S/C49H78NO8P/c1-5-7-9-11-13-15-17-19-21-23-24-26-27-29-31-33-35-37-39-41-48(51)55-45-47(46-57-59(53,54)56-44-43-50(3)4)58-49(52)42-40-38-36-34-32-30-28-25-22-20-18-16-14-12-10-8-6-2/h7-10,13-16,19-22,24,26,28-31,35,37,47H,5-6,11-12,17-18,23,25,27,32-34,36,38-46H2,1-4H3,(H,53,54)/b9-7-,10-8-,15-13-,16-14-,21-19-,22-20-,26-24-,30-28-,31-29-,37-35-. The van der Waals surface area contributed by atoms with Crippen LogP contribution in [0.5, 0.6) is 0 Å². The van der Waals surface area contributed by atoms with Gasteiger partial charge in [-0.1, -0.05) is 148 Å². The van der Waals surface area contributed by atoms with Crippen molar-refractivity contribution in [1.29, 1.82) is 0 Å². The first-order valence-electron chi connectivity index (χ1n) is 21.8. The molecule has 0 bridgehead atoms. The second-order valence-electron chi connectivity index (χ2n) is 14.1. The molecule has 59 heavy (non-hydrogen) atoms. The zero-order chi connectivity index (χ0) is 43.3. The van der Waals surface area contributed by atoms with Crippen LogP contribution in [0.15, 0.2) is 122 Å². The van der Waals surface area contributed by atoms with E-state index in [4.69, 9.17) is 18.5 Å². The van der Waals surface area contributed by atoms with E-state index in [0.29, 0.717) is 19.4 Å². The molecule has 2 atom stereocenters. The number of ether oxygens (including phenoxy) is 2. The molecule has 2 unspecified atom stereocenters. The van der Waals surface area contributed by atoms with Gasteiger partial charge in [-0.3, -0.25) is 18.6 Å². The van der Waals surface area contributed by atoms with Crippen molar-refractivity contribution in [1.82, 2.24) is 4.90 Å². The zero-order valence-corrected chi connectivity index (χ0v) is 37.8. The lowest BCUT2D eigenvalue weighted by Gasteiger charge is -2.20. The summed E-state index contributed by atoms with van der Waals surface area (Å²) in [4.78, 5) is 37.0. The second-order valence-corrected chi connectivity index (χ2v) is 15.6. The van der Waals surface area contributed by atoms with Crippen molar-refractivity contribution in [3.8, 4) is 0 Å². The van der Waals surface area contributed by atoms with Gasteiger partial charge in [-0.15, -0.1) is 0 Å². The fourth-order valence-corrected chi connectivity index (χ4v) is 5.74. The minimum Gasteiger partial charge on any atom is -0.462 e. The molecular formula is C49H78NO8P. The van der Waals surface area contributed by atoms with E-state index in [2.05, 4.69) is 123 Å². The largest absolute Gasteiger partial charge is 0.472 e. The highest BCUT2D eigenvalue weighted by molar-refractivity contribution is 7.47. The summed E-state index contributed by atoms with van der Waals surface area (Å²) in [5.74, 6) is -0.943. The van der Waals surface area contributed by atoms with Gasteiger partial charge in [0.15, 0.2) is 6.10 Å². The van der Waals surface area contributed by atoms with Crippen molar-refractivity contribution in [3.63, 3.8) is 0 Å². The monoisotopic (exact) mass is 840 g/mol. The molecule has 0 aliphatic heterocycles. The number of esters is 2. The Kier molecular flexibility index (Phi) is 39.9. The second kappa shape index (κ2) is 42.5. The Labute approximate surface area is 358 Å². The quantitative estimate of drug-likeness (QED) is 0.0281. The molecule has 0 fully saturated rings. The maximum atomic E-state index is 12.7. The summed E-state index contributed by atoms with van der Waals surface area (Å²) < 4.78 is 33.4. The topological polar surface area (TPSA) is 112 Å². The summed E-state index contributed by atoms with van der Waals surface area (Å²) in [7, 11) is -0.776. The van der Waals surface area contributed by atoms with E-state index in [0.717, 1.165) is 89.9 Å². The lowest BCUT2D eigenvalue weighted by Crippen LogP contribution is -2.29. The normalized spacial score (nSPS) is 14.5. The number of allylic oxidation sites excluding steroid dienone is 20. The minimum absolute atomic E-state index is 0.0168. The van der Waals surface area contributed by atoms with Gasteiger partial charge < -0.3 is 19.3 Å². The van der Waals surface area contributed by atoms with Crippen LogP contribution in [-0.2, 0) is 32.7 Å². The molecule has 0 aromatic rings. The lowest BCUT2D eigenvalue weighted by molar-refractivity contribution is -0.161. The van der Waals surface area contributed by atoms with Crippen LogP contribution in [0.25, 0.3) is 0 Å². The van der Waals surface area contributed by atoms with Crippen molar-refractivity contribution in [2.45, 2.75) is 136 Å². The molecule has 0 aromatic carbocycles. The fourth-order valence-electron chi connectivity index (χ4n) is 5.00. The Morgan fingerprint density at radius 1 is 0.525 bits per heavy atom. The van der Waals surface area contributed by atoms with Crippen molar-refractivity contribution in [2.24, 2.45) is 0 Å². The van der Waals surface area contributed by atoms with Gasteiger partial charge in [0.25, 0.3) is 0 Å². The molecule has 0 aliphatic rings. The number of rotatable bonds is 38. The molecule has 0 saturated carbocycles. The average Bonchev–Trinajstić information content (AvgIpc) is 3.20. The fraction of sp³-hybridized carbons (Fsp3) is 0.551. The van der Waals surface area contributed by atoms with E-state index in [1.165, 1.54) is 0 Å². The number of carbonyl (C=O) groups is 2. The first kappa shape index (κ1) is 55.4. The Balaban J connectivity index is 4.49. The van der Waals surface area contributed by atoms with Gasteiger partial charge in [0.1, 0.15) is 6.61 Å². The number of nitrogens with zero attached hydrogens (tertiary/aromatic N) is 1. The van der Waals surface area contributed by atoms with Crippen LogP contribution < -0.4 is 0 Å². The van der Waals surface area contributed by atoms with Gasteiger partial charge >= 0.3 is 19.8 Å². The Hall–Kier alpha value is -3.59. The van der Waals surface area contributed by atoms with E-state index in [1.807, 2.05) is 26.2 Å². The molecule has 9 nitrogen and oxygen atoms in total. The van der Waals surface area contributed by atoms with E-state index in [9.17, 15) is 19.0 Å². The SMILES string of the molecule is CC/C=C\C/C=C\C/C=C\C/C=C\C/C=C\C/C=C\CCC(=O)OCC(COP(=O)(O)OCCN(C)C)OC(=O)CCCCCC/C=C\C/C=C\C/C=C\C/C=C\CC. The van der Waals surface area contributed by atoms with Crippen LogP contribution in [0.4, 0.5) is 0 Å². The van der Waals surface area contributed by atoms with Gasteiger partial charge in [-0.2, -0.15) is 0 Å². The molecule has 0 radical (unpaired) electrons. The van der Waals surface area contributed by atoms with Gasteiger partial charge in [0.05, 0.1) is 13.2 Å². The van der Waals surface area contributed by atoms with E-state index < -0.39 is 32.5 Å². The molecule has 332 valence electrons. The Bertz CT molecular complexity index is 1390. The van der Waals surface area contributed by atoms with E-state index in [-0.39, 0.29) is 26.1 Å². The summed E-state index contributed by atoms with van der Waals surface area (Å²) in [6.45, 7) is 3.94. The number of likely N-dealkylation sites (N-methyl/N-ethyl adjacent to an activating group) is 1. The molecule has 0 aliphatic carbocycles. The lowest BCUT2D eigenvalue weighted by atomic mass is 10.1. The average molecular weight is 840 g/mol. The summed E-state index contributed by atoms with van der Waals surface area (Å²) >= 11 is 0. The predicted octanol–water partition coefficient (Wildman–Crippen LogP) is 12.8.